The lowest BCUT2D eigenvalue weighted by atomic mass is 10.2. The van der Waals surface area contributed by atoms with Crippen molar-refractivity contribution in [2.45, 2.75) is 20.4 Å². The number of anilines is 1. The Kier molecular flexibility index (Phi) is 4.90. The van der Waals surface area contributed by atoms with Crippen molar-refractivity contribution in [3.8, 4) is 5.69 Å². The molecule has 7 nitrogen and oxygen atoms in total. The van der Waals surface area contributed by atoms with Crippen LogP contribution in [-0.4, -0.2) is 25.5 Å². The van der Waals surface area contributed by atoms with E-state index < -0.39 is 5.56 Å². The molecule has 0 aliphatic carbocycles. The summed E-state index contributed by atoms with van der Waals surface area (Å²) in [5, 5.41) is 12.6. The molecule has 0 atom stereocenters. The molecule has 146 valence electrons. The van der Waals surface area contributed by atoms with Crippen molar-refractivity contribution in [3.05, 3.63) is 81.4 Å². The summed E-state index contributed by atoms with van der Waals surface area (Å²) in [6.07, 6.45) is 1.59. The fourth-order valence-corrected chi connectivity index (χ4v) is 3.38. The van der Waals surface area contributed by atoms with E-state index >= 15 is 0 Å². The Morgan fingerprint density at radius 2 is 1.93 bits per heavy atom. The smallest absolute Gasteiger partial charge is 0.293 e. The first-order valence-corrected chi connectivity index (χ1v) is 9.38. The van der Waals surface area contributed by atoms with Gasteiger partial charge in [0.05, 0.1) is 17.6 Å². The van der Waals surface area contributed by atoms with Gasteiger partial charge in [0.15, 0.2) is 0 Å². The van der Waals surface area contributed by atoms with Crippen molar-refractivity contribution in [1.29, 1.82) is 0 Å². The molecule has 0 radical (unpaired) electrons. The van der Waals surface area contributed by atoms with Crippen LogP contribution in [0.25, 0.3) is 16.6 Å². The quantitative estimate of drug-likeness (QED) is 0.561. The van der Waals surface area contributed by atoms with E-state index in [9.17, 15) is 9.59 Å². The first-order chi connectivity index (χ1) is 13.9. The number of hydrogen-bond donors (Lipinski definition) is 1. The molecule has 0 saturated carbocycles. The highest BCUT2D eigenvalue weighted by Gasteiger charge is 2.17. The molecule has 1 N–H and O–H groups in total. The summed E-state index contributed by atoms with van der Waals surface area (Å²) in [5.74, 6) is -0.335. The van der Waals surface area contributed by atoms with Crippen LogP contribution in [0.5, 0.6) is 0 Å². The minimum atomic E-state index is -0.400. The van der Waals surface area contributed by atoms with Gasteiger partial charge in [0, 0.05) is 16.1 Å². The molecule has 0 aliphatic heterocycles. The Morgan fingerprint density at radius 3 is 2.69 bits per heavy atom. The number of fused-ring (bicyclic) bond motifs is 1. The molecule has 29 heavy (non-hydrogen) atoms. The SMILES string of the molecule is Cc1cccc(NC(=O)Cn2nc(C)c3cnn(-c4cccc(Cl)c4)c3c2=O)c1. The van der Waals surface area contributed by atoms with Crippen molar-refractivity contribution >= 4 is 34.1 Å². The van der Waals surface area contributed by atoms with Crippen LogP contribution in [0.4, 0.5) is 5.69 Å². The number of nitrogens with one attached hydrogen (secondary N) is 1. The minimum absolute atomic E-state index is 0.204. The Bertz CT molecular complexity index is 1290. The molecule has 0 bridgehead atoms. The maximum atomic E-state index is 13.1. The first-order valence-electron chi connectivity index (χ1n) is 9.00. The molecule has 0 saturated heterocycles. The van der Waals surface area contributed by atoms with Gasteiger partial charge in [-0.05, 0) is 49.7 Å². The van der Waals surface area contributed by atoms with Crippen LogP contribution in [0.3, 0.4) is 0 Å². The van der Waals surface area contributed by atoms with Crippen molar-refractivity contribution in [2.75, 3.05) is 5.32 Å². The fraction of sp³-hybridized carbons (Fsp3) is 0.143. The van der Waals surface area contributed by atoms with Gasteiger partial charge in [0.25, 0.3) is 5.56 Å². The van der Waals surface area contributed by atoms with Crippen LogP contribution < -0.4 is 10.9 Å². The zero-order chi connectivity index (χ0) is 20.5. The van der Waals surface area contributed by atoms with E-state index in [1.54, 1.807) is 37.4 Å². The lowest BCUT2D eigenvalue weighted by molar-refractivity contribution is -0.117. The van der Waals surface area contributed by atoms with E-state index in [-0.39, 0.29) is 12.5 Å². The Hall–Kier alpha value is -3.45. The molecule has 0 aliphatic rings. The van der Waals surface area contributed by atoms with Gasteiger partial charge in [-0.3, -0.25) is 9.59 Å². The van der Waals surface area contributed by atoms with Crippen molar-refractivity contribution in [3.63, 3.8) is 0 Å². The molecule has 2 aromatic carbocycles. The van der Waals surface area contributed by atoms with E-state index in [1.165, 1.54) is 4.68 Å². The Balaban J connectivity index is 1.72. The molecule has 0 fully saturated rings. The highest BCUT2D eigenvalue weighted by atomic mass is 35.5. The molecule has 0 spiro atoms. The molecule has 1 amide bonds. The summed E-state index contributed by atoms with van der Waals surface area (Å²) < 4.78 is 2.68. The van der Waals surface area contributed by atoms with E-state index in [4.69, 9.17) is 11.6 Å². The van der Waals surface area contributed by atoms with Gasteiger partial charge < -0.3 is 5.32 Å². The van der Waals surface area contributed by atoms with Crippen molar-refractivity contribution < 1.29 is 4.79 Å². The van der Waals surface area contributed by atoms with E-state index in [2.05, 4.69) is 15.5 Å². The molecule has 8 heteroatoms. The van der Waals surface area contributed by atoms with Crippen molar-refractivity contribution in [1.82, 2.24) is 19.6 Å². The third kappa shape index (κ3) is 3.77. The molecule has 4 rings (SSSR count). The zero-order valence-electron chi connectivity index (χ0n) is 15.9. The largest absolute Gasteiger partial charge is 0.324 e. The molecule has 2 heterocycles. The Morgan fingerprint density at radius 1 is 1.14 bits per heavy atom. The second-order valence-electron chi connectivity index (χ2n) is 6.76. The lowest BCUT2D eigenvalue weighted by Crippen LogP contribution is -2.31. The molecular formula is C21H18ClN5O2. The summed E-state index contributed by atoms with van der Waals surface area (Å²) in [6, 6.07) is 14.5. The number of aromatic nitrogens is 4. The van der Waals surface area contributed by atoms with E-state index in [0.717, 1.165) is 10.2 Å². The number of nitrogens with zero attached hydrogens (tertiary/aromatic N) is 4. The van der Waals surface area contributed by atoms with E-state index in [0.29, 0.717) is 33.0 Å². The predicted molar refractivity (Wildman–Crippen MR) is 113 cm³/mol. The minimum Gasteiger partial charge on any atom is -0.324 e. The monoisotopic (exact) mass is 407 g/mol. The van der Waals surface area contributed by atoms with Gasteiger partial charge >= 0.3 is 0 Å². The highest BCUT2D eigenvalue weighted by molar-refractivity contribution is 6.30. The number of amides is 1. The van der Waals surface area contributed by atoms with Crippen LogP contribution in [-0.2, 0) is 11.3 Å². The third-order valence-electron chi connectivity index (χ3n) is 4.51. The van der Waals surface area contributed by atoms with Gasteiger partial charge in [0.1, 0.15) is 12.1 Å². The fourth-order valence-electron chi connectivity index (χ4n) is 3.19. The van der Waals surface area contributed by atoms with Crippen LogP contribution in [0.15, 0.2) is 59.5 Å². The predicted octanol–water partition coefficient (Wildman–Crippen LogP) is 3.49. The van der Waals surface area contributed by atoms with Crippen molar-refractivity contribution in [2.24, 2.45) is 0 Å². The van der Waals surface area contributed by atoms with Gasteiger partial charge in [-0.15, -0.1) is 0 Å². The normalized spacial score (nSPS) is 11.0. The number of carbonyl (C=O) groups is 1. The number of rotatable bonds is 4. The number of aryl methyl sites for hydroxylation is 2. The summed E-state index contributed by atoms with van der Waals surface area (Å²) in [5.41, 5.74) is 2.92. The Labute approximate surface area is 171 Å². The van der Waals surface area contributed by atoms with E-state index in [1.807, 2.05) is 31.2 Å². The van der Waals surface area contributed by atoms with Gasteiger partial charge in [0.2, 0.25) is 5.91 Å². The molecular weight excluding hydrogens is 390 g/mol. The average molecular weight is 408 g/mol. The summed E-state index contributed by atoms with van der Waals surface area (Å²) in [6.45, 7) is 3.51. The second-order valence-corrected chi connectivity index (χ2v) is 7.20. The number of carbonyl (C=O) groups excluding carboxylic acids is 1. The van der Waals surface area contributed by atoms with Gasteiger partial charge in [-0.25, -0.2) is 9.36 Å². The van der Waals surface area contributed by atoms with Crippen LogP contribution in [0.2, 0.25) is 5.02 Å². The lowest BCUT2D eigenvalue weighted by Gasteiger charge is -2.10. The highest BCUT2D eigenvalue weighted by Crippen LogP contribution is 2.19. The molecule has 0 unspecified atom stereocenters. The summed E-state index contributed by atoms with van der Waals surface area (Å²) in [7, 11) is 0. The number of benzene rings is 2. The summed E-state index contributed by atoms with van der Waals surface area (Å²) in [4.78, 5) is 25.6. The average Bonchev–Trinajstić information content (AvgIpc) is 3.12. The maximum Gasteiger partial charge on any atom is 0.293 e. The first kappa shape index (κ1) is 18.9. The standard InChI is InChI=1S/C21H18ClN5O2/c1-13-5-3-7-16(9-13)24-19(28)12-26-21(29)20-18(14(2)25-26)11-23-27(20)17-8-4-6-15(22)10-17/h3-11H,12H2,1-2H3,(H,24,28). The number of hydrogen-bond acceptors (Lipinski definition) is 4. The molecule has 4 aromatic rings. The van der Waals surface area contributed by atoms with Gasteiger partial charge in [-0.1, -0.05) is 29.8 Å². The topological polar surface area (TPSA) is 81.8 Å². The maximum absolute atomic E-state index is 13.1. The van der Waals surface area contributed by atoms with Crippen LogP contribution in [0.1, 0.15) is 11.3 Å². The third-order valence-corrected chi connectivity index (χ3v) is 4.75. The zero-order valence-corrected chi connectivity index (χ0v) is 16.6. The second kappa shape index (κ2) is 7.52. The van der Waals surface area contributed by atoms with Crippen LogP contribution in [0, 0.1) is 13.8 Å². The molecule has 2 aromatic heterocycles. The number of halogens is 1. The van der Waals surface area contributed by atoms with Crippen LogP contribution >= 0.6 is 11.6 Å². The van der Waals surface area contributed by atoms with Gasteiger partial charge in [-0.2, -0.15) is 10.2 Å². The summed E-state index contributed by atoms with van der Waals surface area (Å²) >= 11 is 6.08.